The van der Waals surface area contributed by atoms with Crippen molar-refractivity contribution in [3.05, 3.63) is 34.9 Å². The van der Waals surface area contributed by atoms with E-state index in [1.807, 2.05) is 45.9 Å². The summed E-state index contributed by atoms with van der Waals surface area (Å²) >= 11 is 0. The number of benzene rings is 1. The van der Waals surface area contributed by atoms with Crippen LogP contribution in [0.4, 0.5) is 0 Å². The highest BCUT2D eigenvalue weighted by atomic mass is 16.5. The van der Waals surface area contributed by atoms with Gasteiger partial charge in [0.25, 0.3) is 0 Å². The van der Waals surface area contributed by atoms with Crippen molar-refractivity contribution in [2.45, 2.75) is 53.1 Å². The molecule has 0 saturated heterocycles. The predicted octanol–water partition coefficient (Wildman–Crippen LogP) is 4.08. The third kappa shape index (κ3) is 2.81. The van der Waals surface area contributed by atoms with Gasteiger partial charge in [-0.1, -0.05) is 26.0 Å². The first-order chi connectivity index (χ1) is 8.50. The molecule has 0 aliphatic rings. The molecule has 0 amide bonds. The van der Waals surface area contributed by atoms with Gasteiger partial charge in [0.15, 0.2) is 5.78 Å². The standard InChI is InChI=1S/C16H24O2/c1-6-16(7-2,18-8-3)15(17)14-10-9-12(4)13(5)11-14/h9-11H,6-8H2,1-5H3. The number of hydrogen-bond donors (Lipinski definition) is 0. The molecule has 0 atom stereocenters. The highest BCUT2D eigenvalue weighted by Crippen LogP contribution is 2.26. The van der Waals surface area contributed by atoms with Crippen molar-refractivity contribution >= 4 is 5.78 Å². The van der Waals surface area contributed by atoms with E-state index in [0.717, 1.165) is 11.1 Å². The molecule has 18 heavy (non-hydrogen) atoms. The molecule has 0 aromatic heterocycles. The Bertz CT molecular complexity index is 417. The van der Waals surface area contributed by atoms with Crippen LogP contribution in [0.2, 0.25) is 0 Å². The zero-order valence-corrected chi connectivity index (χ0v) is 12.2. The number of ketones is 1. The number of hydrogen-bond acceptors (Lipinski definition) is 2. The number of carbonyl (C=O) groups is 1. The lowest BCUT2D eigenvalue weighted by atomic mass is 9.86. The lowest BCUT2D eigenvalue weighted by Crippen LogP contribution is -2.40. The first-order valence-electron chi connectivity index (χ1n) is 6.76. The lowest BCUT2D eigenvalue weighted by molar-refractivity contribution is -0.0250. The van der Waals surface area contributed by atoms with E-state index in [-0.39, 0.29) is 5.78 Å². The second-order valence-electron chi connectivity index (χ2n) is 4.76. The van der Waals surface area contributed by atoms with Crippen molar-refractivity contribution in [3.8, 4) is 0 Å². The largest absolute Gasteiger partial charge is 0.367 e. The molecule has 0 N–H and O–H groups in total. The van der Waals surface area contributed by atoms with Crippen LogP contribution < -0.4 is 0 Å². The van der Waals surface area contributed by atoms with Gasteiger partial charge in [0.1, 0.15) is 5.60 Å². The summed E-state index contributed by atoms with van der Waals surface area (Å²) in [4.78, 5) is 12.7. The third-order valence-electron chi connectivity index (χ3n) is 3.75. The van der Waals surface area contributed by atoms with Crippen molar-refractivity contribution in [3.63, 3.8) is 0 Å². The molecule has 0 aliphatic carbocycles. The van der Waals surface area contributed by atoms with Crippen LogP contribution in [0.15, 0.2) is 18.2 Å². The summed E-state index contributed by atoms with van der Waals surface area (Å²) in [6.45, 7) is 10.6. The molecule has 0 saturated carbocycles. The van der Waals surface area contributed by atoms with Crippen LogP contribution in [0.25, 0.3) is 0 Å². The minimum Gasteiger partial charge on any atom is -0.367 e. The Kier molecular flexibility index (Phi) is 5.09. The monoisotopic (exact) mass is 248 g/mol. The van der Waals surface area contributed by atoms with Gasteiger partial charge in [0.2, 0.25) is 0 Å². The van der Waals surface area contributed by atoms with Crippen molar-refractivity contribution in [2.75, 3.05) is 6.61 Å². The Labute approximate surface area is 110 Å². The van der Waals surface area contributed by atoms with E-state index < -0.39 is 5.60 Å². The number of Topliss-reactive ketones (excluding diaryl/α,β-unsaturated/α-hetero) is 1. The lowest BCUT2D eigenvalue weighted by Gasteiger charge is -2.30. The van der Waals surface area contributed by atoms with E-state index in [1.165, 1.54) is 5.56 Å². The van der Waals surface area contributed by atoms with Crippen LogP contribution in [0.1, 0.15) is 55.1 Å². The summed E-state index contributed by atoms with van der Waals surface area (Å²) < 4.78 is 5.76. The molecule has 0 unspecified atom stereocenters. The van der Waals surface area contributed by atoms with E-state index in [0.29, 0.717) is 19.4 Å². The van der Waals surface area contributed by atoms with Crippen LogP contribution >= 0.6 is 0 Å². The van der Waals surface area contributed by atoms with Gasteiger partial charge in [-0.15, -0.1) is 0 Å². The first-order valence-corrected chi connectivity index (χ1v) is 6.76. The number of ether oxygens (including phenoxy) is 1. The fraction of sp³-hybridized carbons (Fsp3) is 0.562. The maximum absolute atomic E-state index is 12.7. The molecular weight excluding hydrogens is 224 g/mol. The topological polar surface area (TPSA) is 26.3 Å². The second kappa shape index (κ2) is 6.14. The van der Waals surface area contributed by atoms with Crippen molar-refractivity contribution < 1.29 is 9.53 Å². The maximum atomic E-state index is 12.7. The molecule has 0 radical (unpaired) electrons. The van der Waals surface area contributed by atoms with Crippen LogP contribution in [0, 0.1) is 13.8 Å². The minimum absolute atomic E-state index is 0.109. The Morgan fingerprint density at radius 2 is 1.72 bits per heavy atom. The fourth-order valence-electron chi connectivity index (χ4n) is 2.26. The molecular formula is C16H24O2. The molecule has 2 heteroatoms. The fourth-order valence-corrected chi connectivity index (χ4v) is 2.26. The van der Waals surface area contributed by atoms with Gasteiger partial charge in [-0.25, -0.2) is 0 Å². The Balaban J connectivity index is 3.13. The Hall–Kier alpha value is -1.15. The van der Waals surface area contributed by atoms with Gasteiger partial charge in [-0.3, -0.25) is 4.79 Å². The SMILES string of the molecule is CCOC(CC)(CC)C(=O)c1ccc(C)c(C)c1. The molecule has 0 fully saturated rings. The summed E-state index contributed by atoms with van der Waals surface area (Å²) in [5.41, 5.74) is 2.46. The predicted molar refractivity (Wildman–Crippen MR) is 75.2 cm³/mol. The Morgan fingerprint density at radius 1 is 1.11 bits per heavy atom. The van der Waals surface area contributed by atoms with E-state index in [4.69, 9.17) is 4.74 Å². The molecule has 1 aromatic carbocycles. The van der Waals surface area contributed by atoms with E-state index in [1.54, 1.807) is 0 Å². The smallest absolute Gasteiger partial charge is 0.194 e. The third-order valence-corrected chi connectivity index (χ3v) is 3.75. The quantitative estimate of drug-likeness (QED) is 0.709. The summed E-state index contributed by atoms with van der Waals surface area (Å²) in [6, 6.07) is 5.88. The van der Waals surface area contributed by atoms with Gasteiger partial charge in [-0.2, -0.15) is 0 Å². The van der Waals surface area contributed by atoms with Gasteiger partial charge >= 0.3 is 0 Å². The van der Waals surface area contributed by atoms with Crippen LogP contribution in [0.5, 0.6) is 0 Å². The average Bonchev–Trinajstić information content (AvgIpc) is 2.38. The van der Waals surface area contributed by atoms with Crippen molar-refractivity contribution in [2.24, 2.45) is 0 Å². The second-order valence-corrected chi connectivity index (χ2v) is 4.76. The molecule has 1 aromatic rings. The van der Waals surface area contributed by atoms with E-state index in [2.05, 4.69) is 6.92 Å². The zero-order chi connectivity index (χ0) is 13.8. The molecule has 100 valence electrons. The van der Waals surface area contributed by atoms with Crippen molar-refractivity contribution in [1.82, 2.24) is 0 Å². The molecule has 1 rings (SSSR count). The highest BCUT2D eigenvalue weighted by Gasteiger charge is 2.36. The van der Waals surface area contributed by atoms with Crippen LogP contribution in [-0.2, 0) is 4.74 Å². The highest BCUT2D eigenvalue weighted by molar-refractivity contribution is 6.02. The van der Waals surface area contributed by atoms with E-state index in [9.17, 15) is 4.79 Å². The first kappa shape index (κ1) is 14.9. The molecule has 0 aliphatic heterocycles. The molecule has 2 nitrogen and oxygen atoms in total. The molecule has 0 bridgehead atoms. The normalized spacial score (nSPS) is 11.6. The van der Waals surface area contributed by atoms with Crippen LogP contribution in [0.3, 0.4) is 0 Å². The average molecular weight is 248 g/mol. The number of rotatable bonds is 6. The van der Waals surface area contributed by atoms with Gasteiger partial charge in [0, 0.05) is 12.2 Å². The zero-order valence-electron chi connectivity index (χ0n) is 12.2. The molecule has 0 heterocycles. The van der Waals surface area contributed by atoms with Crippen molar-refractivity contribution in [1.29, 1.82) is 0 Å². The number of carbonyl (C=O) groups excluding carboxylic acids is 1. The van der Waals surface area contributed by atoms with E-state index >= 15 is 0 Å². The summed E-state index contributed by atoms with van der Waals surface area (Å²) in [5.74, 6) is 0.109. The van der Waals surface area contributed by atoms with Gasteiger partial charge in [-0.05, 0) is 50.8 Å². The number of aryl methyl sites for hydroxylation is 2. The summed E-state index contributed by atoms with van der Waals surface area (Å²) in [6.07, 6.45) is 1.42. The maximum Gasteiger partial charge on any atom is 0.194 e. The summed E-state index contributed by atoms with van der Waals surface area (Å²) in [5, 5.41) is 0. The van der Waals surface area contributed by atoms with Crippen LogP contribution in [-0.4, -0.2) is 18.0 Å². The van der Waals surface area contributed by atoms with Gasteiger partial charge < -0.3 is 4.74 Å². The minimum atomic E-state index is -0.656. The van der Waals surface area contributed by atoms with Gasteiger partial charge in [0.05, 0.1) is 0 Å². The summed E-state index contributed by atoms with van der Waals surface area (Å²) in [7, 11) is 0. The molecule has 0 spiro atoms. The Morgan fingerprint density at radius 3 is 2.17 bits per heavy atom.